The lowest BCUT2D eigenvalue weighted by molar-refractivity contribution is -0.118. The molecule has 1 heterocycles. The Kier molecular flexibility index (Phi) is 6.36. The van der Waals surface area contributed by atoms with Gasteiger partial charge in [-0.25, -0.2) is 18.7 Å². The number of halogens is 2. The van der Waals surface area contributed by atoms with Crippen LogP contribution in [-0.4, -0.2) is 33.3 Å². The molecule has 0 radical (unpaired) electrons. The van der Waals surface area contributed by atoms with Crippen LogP contribution in [0.15, 0.2) is 42.5 Å². The average molecular weight is 427 g/mol. The van der Waals surface area contributed by atoms with Crippen LogP contribution in [0.1, 0.15) is 17.0 Å². The molecule has 0 bridgehead atoms. The van der Waals surface area contributed by atoms with Crippen molar-refractivity contribution in [2.24, 2.45) is 0 Å². The summed E-state index contributed by atoms with van der Waals surface area (Å²) in [5.74, 6) is -2.55. The van der Waals surface area contributed by atoms with Gasteiger partial charge in [0.05, 0.1) is 5.69 Å². The molecule has 0 aliphatic heterocycles. The number of benzene rings is 2. The van der Waals surface area contributed by atoms with Gasteiger partial charge in [-0.1, -0.05) is 30.3 Å². The molecular weight excluding hydrogens is 408 g/mol. The number of aliphatic hydroxyl groups is 1. The Balaban J connectivity index is 1.93. The molecule has 31 heavy (non-hydrogen) atoms. The monoisotopic (exact) mass is 427 g/mol. The first-order valence-electron chi connectivity index (χ1n) is 9.00. The van der Waals surface area contributed by atoms with Crippen LogP contribution in [0.3, 0.4) is 0 Å². The van der Waals surface area contributed by atoms with Crippen molar-refractivity contribution in [3.8, 4) is 0 Å². The van der Waals surface area contributed by atoms with Crippen molar-refractivity contribution in [2.75, 3.05) is 28.7 Å². The maximum absolute atomic E-state index is 14.5. The van der Waals surface area contributed by atoms with Crippen LogP contribution >= 0.6 is 0 Å². The number of carbonyl (C=O) groups is 1. The Labute approximate surface area is 175 Å². The van der Waals surface area contributed by atoms with E-state index in [1.54, 1.807) is 18.2 Å². The summed E-state index contributed by atoms with van der Waals surface area (Å²) in [4.78, 5) is 19.3. The zero-order valence-corrected chi connectivity index (χ0v) is 16.1. The topological polar surface area (TPSA) is 163 Å². The molecule has 0 aliphatic rings. The molecule has 1 amide bonds. The number of amides is 1. The second-order valence-corrected chi connectivity index (χ2v) is 6.38. The maximum atomic E-state index is 14.5. The van der Waals surface area contributed by atoms with Crippen molar-refractivity contribution in [1.29, 1.82) is 5.41 Å². The lowest BCUT2D eigenvalue weighted by atomic mass is 10.1. The summed E-state index contributed by atoms with van der Waals surface area (Å²) in [6.45, 7) is -0.818. The molecule has 2 aromatic carbocycles. The van der Waals surface area contributed by atoms with Gasteiger partial charge in [0.25, 0.3) is 0 Å². The first kappa shape index (κ1) is 21.6. The van der Waals surface area contributed by atoms with Crippen molar-refractivity contribution in [3.05, 3.63) is 71.1 Å². The van der Waals surface area contributed by atoms with Gasteiger partial charge in [0.2, 0.25) is 5.91 Å². The number of anilines is 4. The predicted molar refractivity (Wildman–Crippen MR) is 113 cm³/mol. The summed E-state index contributed by atoms with van der Waals surface area (Å²) in [7, 11) is 0. The number of hydrogen-bond acceptors (Lipinski definition) is 8. The highest BCUT2D eigenvalue weighted by atomic mass is 19.1. The van der Waals surface area contributed by atoms with Gasteiger partial charge in [-0.2, -0.15) is 0 Å². The van der Waals surface area contributed by atoms with E-state index in [0.717, 1.165) is 0 Å². The van der Waals surface area contributed by atoms with E-state index in [0.29, 0.717) is 5.56 Å². The number of nitrogen functional groups attached to an aromatic ring is 2. The molecule has 1 aromatic heterocycles. The molecule has 0 fully saturated rings. The Hall–Kier alpha value is -4.12. The molecular formula is C20H19F2N7O2. The summed E-state index contributed by atoms with van der Waals surface area (Å²) in [6.07, 6.45) is 0. The smallest absolute Gasteiger partial charge is 0.250 e. The van der Waals surface area contributed by atoms with E-state index in [4.69, 9.17) is 22.0 Å². The second-order valence-electron chi connectivity index (χ2n) is 6.38. The molecule has 160 valence electrons. The van der Waals surface area contributed by atoms with Crippen LogP contribution in [-0.2, 0) is 11.3 Å². The maximum Gasteiger partial charge on any atom is 0.250 e. The van der Waals surface area contributed by atoms with Crippen LogP contribution in [0.5, 0.6) is 0 Å². The van der Waals surface area contributed by atoms with Gasteiger partial charge in [0.1, 0.15) is 29.6 Å². The number of aromatic nitrogens is 2. The fourth-order valence-corrected chi connectivity index (χ4v) is 2.77. The van der Waals surface area contributed by atoms with Crippen molar-refractivity contribution in [3.63, 3.8) is 0 Å². The standard InChI is InChI=1S/C20H19F2N7O2/c21-12-6-2-1-4-10(12)8-26-16-11(5-3-7-13(16)22)15(23)20-28-18(24)17(19(25)29-20)27-14(31)9-30/h1-7,23,26,30H,8-9H2,(H,27,31)(H4,24,25,28,29). The lowest BCUT2D eigenvalue weighted by Crippen LogP contribution is -2.21. The fourth-order valence-electron chi connectivity index (χ4n) is 2.77. The van der Waals surface area contributed by atoms with E-state index in [1.807, 2.05) is 0 Å². The quantitative estimate of drug-likeness (QED) is 0.313. The number of nitrogens with zero attached hydrogens (tertiary/aromatic N) is 2. The number of nitrogens with one attached hydrogen (secondary N) is 3. The molecule has 8 N–H and O–H groups in total. The first-order chi connectivity index (χ1) is 14.8. The fraction of sp³-hybridized carbons (Fsp3) is 0.100. The molecule has 11 heteroatoms. The van der Waals surface area contributed by atoms with E-state index in [1.165, 1.54) is 24.3 Å². The van der Waals surface area contributed by atoms with E-state index >= 15 is 0 Å². The highest BCUT2D eigenvalue weighted by molar-refractivity contribution is 6.12. The molecule has 0 unspecified atom stereocenters. The largest absolute Gasteiger partial charge is 0.387 e. The first-order valence-corrected chi connectivity index (χ1v) is 9.00. The van der Waals surface area contributed by atoms with Crippen LogP contribution in [0, 0.1) is 17.0 Å². The molecule has 0 atom stereocenters. The summed E-state index contributed by atoms with van der Waals surface area (Å²) in [5, 5.41) is 22.3. The lowest BCUT2D eigenvalue weighted by Gasteiger charge is -2.15. The minimum absolute atomic E-state index is 0.0227. The van der Waals surface area contributed by atoms with E-state index in [-0.39, 0.29) is 46.7 Å². The molecule has 0 saturated heterocycles. The number of rotatable bonds is 7. The third kappa shape index (κ3) is 4.73. The highest BCUT2D eigenvalue weighted by Gasteiger charge is 2.20. The van der Waals surface area contributed by atoms with E-state index in [2.05, 4.69) is 20.6 Å². The third-order valence-electron chi connectivity index (χ3n) is 4.29. The average Bonchev–Trinajstić information content (AvgIpc) is 2.75. The van der Waals surface area contributed by atoms with Crippen molar-refractivity contribution < 1.29 is 18.7 Å². The van der Waals surface area contributed by atoms with Gasteiger partial charge < -0.3 is 27.2 Å². The van der Waals surface area contributed by atoms with Gasteiger partial charge in [-0.05, 0) is 12.1 Å². The van der Waals surface area contributed by atoms with Crippen molar-refractivity contribution in [1.82, 2.24) is 9.97 Å². The zero-order chi connectivity index (χ0) is 22.5. The Bertz CT molecular complexity index is 1130. The molecule has 3 aromatic rings. The normalized spacial score (nSPS) is 10.5. The summed E-state index contributed by atoms with van der Waals surface area (Å²) in [6, 6.07) is 10.1. The van der Waals surface area contributed by atoms with Crippen LogP contribution < -0.4 is 22.1 Å². The number of aliphatic hydroxyl groups excluding tert-OH is 1. The Morgan fingerprint density at radius 2 is 1.65 bits per heavy atom. The highest BCUT2D eigenvalue weighted by Crippen LogP contribution is 2.26. The molecule has 0 spiro atoms. The van der Waals surface area contributed by atoms with Crippen LogP contribution in [0.2, 0.25) is 0 Å². The van der Waals surface area contributed by atoms with Gasteiger partial charge in [-0.15, -0.1) is 0 Å². The number of carbonyl (C=O) groups excluding carboxylic acids is 1. The van der Waals surface area contributed by atoms with Gasteiger partial charge in [-0.3, -0.25) is 10.2 Å². The minimum atomic E-state index is -0.795. The third-order valence-corrected chi connectivity index (χ3v) is 4.29. The second kappa shape index (κ2) is 9.13. The minimum Gasteiger partial charge on any atom is -0.387 e. The Morgan fingerprint density at radius 1 is 1.00 bits per heavy atom. The van der Waals surface area contributed by atoms with Crippen molar-refractivity contribution >= 4 is 34.6 Å². The molecule has 9 nitrogen and oxygen atoms in total. The molecule has 3 rings (SSSR count). The number of nitrogens with two attached hydrogens (primary N) is 2. The summed E-state index contributed by atoms with van der Waals surface area (Å²) >= 11 is 0. The van der Waals surface area contributed by atoms with Crippen LogP contribution in [0.4, 0.5) is 31.8 Å². The van der Waals surface area contributed by atoms with E-state index < -0.39 is 24.1 Å². The Morgan fingerprint density at radius 3 is 2.29 bits per heavy atom. The zero-order valence-electron chi connectivity index (χ0n) is 16.1. The molecule has 0 aliphatic carbocycles. The molecule has 0 saturated carbocycles. The van der Waals surface area contributed by atoms with Gasteiger partial charge >= 0.3 is 0 Å². The van der Waals surface area contributed by atoms with E-state index in [9.17, 15) is 13.6 Å². The number of para-hydroxylation sites is 1. The predicted octanol–water partition coefficient (Wildman–Crippen LogP) is 1.88. The van der Waals surface area contributed by atoms with Gasteiger partial charge in [0.15, 0.2) is 17.5 Å². The van der Waals surface area contributed by atoms with Gasteiger partial charge in [0, 0.05) is 17.7 Å². The number of hydrogen-bond donors (Lipinski definition) is 6. The van der Waals surface area contributed by atoms with Crippen molar-refractivity contribution in [2.45, 2.75) is 6.54 Å². The summed E-state index contributed by atoms with van der Waals surface area (Å²) < 4.78 is 28.4. The SMILES string of the molecule is N=C(c1nc(N)c(NC(=O)CO)c(N)n1)c1cccc(F)c1NCc1ccccc1F. The van der Waals surface area contributed by atoms with Crippen LogP contribution in [0.25, 0.3) is 0 Å². The summed E-state index contributed by atoms with van der Waals surface area (Å²) in [5.41, 5.74) is 11.6.